The first-order valence-corrected chi connectivity index (χ1v) is 7.40. The minimum Gasteiger partial charge on any atom is -0.481 e. The maximum Gasteiger partial charge on any atom is 0.303 e. The van der Waals surface area contributed by atoms with Crippen LogP contribution in [0.25, 0.3) is 0 Å². The number of Topliss-reactive ketones (excluding diaryl/α,β-unsaturated/α-hetero) is 1. The molecule has 0 aromatic heterocycles. The highest BCUT2D eigenvalue weighted by molar-refractivity contribution is 5.78. The number of ketones is 1. The molecule has 0 saturated heterocycles. The third kappa shape index (κ3) is 13.2. The summed E-state index contributed by atoms with van der Waals surface area (Å²) in [6.07, 6.45) is 11.3. The van der Waals surface area contributed by atoms with Gasteiger partial charge in [-0.05, 0) is 19.3 Å². The number of hydrogen-bond donors (Lipinski definition) is 1. The largest absolute Gasteiger partial charge is 0.481 e. The molecule has 0 aliphatic carbocycles. The second-order valence-corrected chi connectivity index (χ2v) is 5.01. The molecule has 18 heavy (non-hydrogen) atoms. The fourth-order valence-corrected chi connectivity index (χ4v) is 2.00. The summed E-state index contributed by atoms with van der Waals surface area (Å²) in [7, 11) is 0. The van der Waals surface area contributed by atoms with E-state index in [4.69, 9.17) is 5.11 Å². The molecule has 0 atom stereocenters. The summed E-state index contributed by atoms with van der Waals surface area (Å²) >= 11 is 0. The van der Waals surface area contributed by atoms with Crippen LogP contribution >= 0.6 is 0 Å². The summed E-state index contributed by atoms with van der Waals surface area (Å²) in [6.45, 7) is 2.20. The zero-order chi connectivity index (χ0) is 13.6. The fourth-order valence-electron chi connectivity index (χ4n) is 2.00. The predicted octanol–water partition coefficient (Wildman–Crippen LogP) is 4.34. The van der Waals surface area contributed by atoms with E-state index in [0.717, 1.165) is 19.3 Å². The highest BCUT2D eigenvalue weighted by Crippen LogP contribution is 2.10. The van der Waals surface area contributed by atoms with Gasteiger partial charge in [0.1, 0.15) is 5.78 Å². The summed E-state index contributed by atoms with van der Waals surface area (Å²) in [5, 5.41) is 8.46. The van der Waals surface area contributed by atoms with Gasteiger partial charge < -0.3 is 5.11 Å². The lowest BCUT2D eigenvalue weighted by atomic mass is 10.0. The molecule has 3 heteroatoms. The van der Waals surface area contributed by atoms with E-state index in [1.807, 2.05) is 0 Å². The van der Waals surface area contributed by atoms with Crippen molar-refractivity contribution in [2.24, 2.45) is 0 Å². The zero-order valence-electron chi connectivity index (χ0n) is 11.7. The van der Waals surface area contributed by atoms with Gasteiger partial charge in [0.2, 0.25) is 0 Å². The highest BCUT2D eigenvalue weighted by atomic mass is 16.4. The zero-order valence-corrected chi connectivity index (χ0v) is 11.7. The average Bonchev–Trinajstić information content (AvgIpc) is 2.33. The summed E-state index contributed by atoms with van der Waals surface area (Å²) in [5.74, 6) is -0.394. The van der Waals surface area contributed by atoms with Crippen molar-refractivity contribution in [3.05, 3.63) is 0 Å². The Labute approximate surface area is 111 Å². The van der Waals surface area contributed by atoms with Gasteiger partial charge in [0.15, 0.2) is 0 Å². The molecule has 0 unspecified atom stereocenters. The van der Waals surface area contributed by atoms with E-state index in [2.05, 4.69) is 6.92 Å². The monoisotopic (exact) mass is 256 g/mol. The number of unbranched alkanes of at least 4 members (excludes halogenated alkanes) is 7. The predicted molar refractivity (Wildman–Crippen MR) is 73.7 cm³/mol. The van der Waals surface area contributed by atoms with Gasteiger partial charge in [0, 0.05) is 19.3 Å². The van der Waals surface area contributed by atoms with Crippen molar-refractivity contribution in [3.63, 3.8) is 0 Å². The average molecular weight is 256 g/mol. The van der Waals surface area contributed by atoms with Crippen molar-refractivity contribution in [3.8, 4) is 0 Å². The van der Waals surface area contributed by atoms with Crippen molar-refractivity contribution in [1.82, 2.24) is 0 Å². The summed E-state index contributed by atoms with van der Waals surface area (Å²) in [4.78, 5) is 21.8. The maximum absolute atomic E-state index is 11.5. The number of aliphatic carboxylic acids is 1. The van der Waals surface area contributed by atoms with Crippen LogP contribution in [0.5, 0.6) is 0 Å². The van der Waals surface area contributed by atoms with Gasteiger partial charge >= 0.3 is 5.97 Å². The molecular formula is C15H28O3. The molecule has 0 saturated carbocycles. The molecule has 3 nitrogen and oxygen atoms in total. The van der Waals surface area contributed by atoms with Crippen molar-refractivity contribution >= 4 is 11.8 Å². The molecule has 1 N–H and O–H groups in total. The van der Waals surface area contributed by atoms with Crippen molar-refractivity contribution in [2.75, 3.05) is 0 Å². The molecule has 106 valence electrons. The second kappa shape index (κ2) is 12.6. The fraction of sp³-hybridized carbons (Fsp3) is 0.867. The Bertz CT molecular complexity index is 224. The summed E-state index contributed by atoms with van der Waals surface area (Å²) in [6, 6.07) is 0. The molecule has 0 aromatic carbocycles. The minimum atomic E-state index is -0.742. The van der Waals surface area contributed by atoms with Gasteiger partial charge in [0.05, 0.1) is 0 Å². The lowest BCUT2D eigenvalue weighted by molar-refractivity contribution is -0.137. The van der Waals surface area contributed by atoms with Crippen LogP contribution in [-0.2, 0) is 9.59 Å². The van der Waals surface area contributed by atoms with Gasteiger partial charge in [-0.25, -0.2) is 0 Å². The molecular weight excluding hydrogens is 228 g/mol. The van der Waals surface area contributed by atoms with E-state index in [1.54, 1.807) is 0 Å². The van der Waals surface area contributed by atoms with Crippen LogP contribution in [0.15, 0.2) is 0 Å². The lowest BCUT2D eigenvalue weighted by Gasteiger charge is -2.01. The van der Waals surface area contributed by atoms with Gasteiger partial charge in [-0.1, -0.05) is 45.4 Å². The third-order valence-electron chi connectivity index (χ3n) is 3.16. The first kappa shape index (κ1) is 17.1. The quantitative estimate of drug-likeness (QED) is 0.499. The van der Waals surface area contributed by atoms with Gasteiger partial charge in [-0.15, -0.1) is 0 Å². The summed E-state index contributed by atoms with van der Waals surface area (Å²) in [5.41, 5.74) is 0. The molecule has 0 fully saturated rings. The van der Waals surface area contributed by atoms with Crippen LogP contribution in [0.1, 0.15) is 84.0 Å². The standard InChI is InChI=1S/C15H28O3/c1-2-3-4-5-6-8-11-14(16)12-9-7-10-13-15(17)18/h2-13H2,1H3,(H,17,18). The SMILES string of the molecule is CCCCCCCCC(=O)CCCCCC(=O)O. The van der Waals surface area contributed by atoms with Gasteiger partial charge in [-0.2, -0.15) is 0 Å². The van der Waals surface area contributed by atoms with Crippen molar-refractivity contribution in [1.29, 1.82) is 0 Å². The Hall–Kier alpha value is -0.860. The van der Waals surface area contributed by atoms with E-state index in [0.29, 0.717) is 25.0 Å². The van der Waals surface area contributed by atoms with Crippen LogP contribution in [-0.4, -0.2) is 16.9 Å². The molecule has 0 spiro atoms. The number of rotatable bonds is 13. The van der Waals surface area contributed by atoms with Crippen LogP contribution in [0.2, 0.25) is 0 Å². The number of carbonyl (C=O) groups excluding carboxylic acids is 1. The molecule has 0 amide bonds. The van der Waals surface area contributed by atoms with E-state index in [9.17, 15) is 9.59 Å². The smallest absolute Gasteiger partial charge is 0.303 e. The highest BCUT2D eigenvalue weighted by Gasteiger charge is 2.02. The molecule has 0 heterocycles. The Kier molecular flexibility index (Phi) is 12.0. The van der Waals surface area contributed by atoms with Crippen molar-refractivity contribution < 1.29 is 14.7 Å². The van der Waals surface area contributed by atoms with E-state index < -0.39 is 5.97 Å². The van der Waals surface area contributed by atoms with E-state index in [1.165, 1.54) is 32.1 Å². The Morgan fingerprint density at radius 2 is 1.17 bits per heavy atom. The third-order valence-corrected chi connectivity index (χ3v) is 3.16. The number of carboxylic acid groups (broad SMARTS) is 1. The summed E-state index contributed by atoms with van der Waals surface area (Å²) < 4.78 is 0. The van der Waals surface area contributed by atoms with Gasteiger partial charge in [-0.3, -0.25) is 9.59 Å². The normalized spacial score (nSPS) is 10.5. The second-order valence-electron chi connectivity index (χ2n) is 5.01. The van der Waals surface area contributed by atoms with Crippen LogP contribution in [0.4, 0.5) is 0 Å². The molecule has 0 bridgehead atoms. The first-order chi connectivity index (χ1) is 8.66. The topological polar surface area (TPSA) is 54.4 Å². The Morgan fingerprint density at radius 3 is 1.72 bits per heavy atom. The van der Waals surface area contributed by atoms with Gasteiger partial charge in [0.25, 0.3) is 0 Å². The Balaban J connectivity index is 3.20. The number of carboxylic acids is 1. The first-order valence-electron chi connectivity index (χ1n) is 7.40. The Morgan fingerprint density at radius 1 is 0.722 bits per heavy atom. The molecule has 0 aliphatic rings. The number of hydrogen-bond acceptors (Lipinski definition) is 2. The molecule has 0 rings (SSSR count). The van der Waals surface area contributed by atoms with Crippen molar-refractivity contribution in [2.45, 2.75) is 84.0 Å². The minimum absolute atomic E-state index is 0.228. The van der Waals surface area contributed by atoms with E-state index >= 15 is 0 Å². The maximum atomic E-state index is 11.5. The number of carbonyl (C=O) groups is 2. The molecule has 0 aromatic rings. The molecule has 0 radical (unpaired) electrons. The van der Waals surface area contributed by atoms with Crippen LogP contribution in [0, 0.1) is 0 Å². The lowest BCUT2D eigenvalue weighted by Crippen LogP contribution is -1.98. The van der Waals surface area contributed by atoms with Crippen LogP contribution < -0.4 is 0 Å². The molecule has 0 aliphatic heterocycles. The van der Waals surface area contributed by atoms with E-state index in [-0.39, 0.29) is 6.42 Å². The van der Waals surface area contributed by atoms with Crippen LogP contribution in [0.3, 0.4) is 0 Å².